The summed E-state index contributed by atoms with van der Waals surface area (Å²) in [6.07, 6.45) is 2.28. The van der Waals surface area contributed by atoms with Gasteiger partial charge < -0.3 is 5.32 Å². The molecule has 0 radical (unpaired) electrons. The van der Waals surface area contributed by atoms with Gasteiger partial charge in [-0.05, 0) is 50.1 Å². The van der Waals surface area contributed by atoms with Crippen LogP contribution in [0.2, 0.25) is 5.02 Å². The highest BCUT2D eigenvalue weighted by atomic mass is 35.5. The Morgan fingerprint density at radius 3 is 2.19 bits per heavy atom. The average molecular weight is 333 g/mol. The van der Waals surface area contributed by atoms with Gasteiger partial charge in [0.15, 0.2) is 0 Å². The van der Waals surface area contributed by atoms with Gasteiger partial charge in [0, 0.05) is 17.1 Å². The Balaban J connectivity index is 3.16. The summed E-state index contributed by atoms with van der Waals surface area (Å²) in [5.74, 6) is 0. The standard InChI is InChI=1S/C15H25ClN2O2S/c1-5-15(6-2,7-3)18-21(19,20)13-8-9-14(16)12(10-13)11-17-4/h8-10,17-18H,5-7,11H2,1-4H3. The molecule has 0 bridgehead atoms. The molecule has 0 aliphatic carbocycles. The Bertz CT molecular complexity index is 561. The predicted octanol–water partition coefficient (Wildman–Crippen LogP) is 3.31. The van der Waals surface area contributed by atoms with Crippen molar-refractivity contribution in [2.24, 2.45) is 0 Å². The number of hydrogen-bond donors (Lipinski definition) is 2. The molecular formula is C15H25ClN2O2S. The van der Waals surface area contributed by atoms with Crippen LogP contribution < -0.4 is 10.0 Å². The van der Waals surface area contributed by atoms with E-state index in [-0.39, 0.29) is 10.4 Å². The highest BCUT2D eigenvalue weighted by Gasteiger charge is 2.30. The van der Waals surface area contributed by atoms with Crippen molar-refractivity contribution in [3.63, 3.8) is 0 Å². The van der Waals surface area contributed by atoms with Crippen LogP contribution in [-0.4, -0.2) is 21.0 Å². The number of sulfonamides is 1. The molecule has 6 heteroatoms. The number of hydrogen-bond acceptors (Lipinski definition) is 3. The molecule has 1 aromatic carbocycles. The van der Waals surface area contributed by atoms with Crippen molar-refractivity contribution >= 4 is 21.6 Å². The van der Waals surface area contributed by atoms with Crippen LogP contribution in [0.25, 0.3) is 0 Å². The lowest BCUT2D eigenvalue weighted by Crippen LogP contribution is -2.46. The van der Waals surface area contributed by atoms with Crippen LogP contribution in [0.15, 0.2) is 23.1 Å². The van der Waals surface area contributed by atoms with E-state index < -0.39 is 10.0 Å². The zero-order valence-corrected chi connectivity index (χ0v) is 14.7. The first kappa shape index (κ1) is 18.4. The highest BCUT2D eigenvalue weighted by Crippen LogP contribution is 2.25. The Morgan fingerprint density at radius 2 is 1.71 bits per heavy atom. The van der Waals surface area contributed by atoms with Gasteiger partial charge in [0.05, 0.1) is 4.90 Å². The summed E-state index contributed by atoms with van der Waals surface area (Å²) >= 11 is 6.08. The lowest BCUT2D eigenvalue weighted by molar-refractivity contribution is 0.341. The van der Waals surface area contributed by atoms with Crippen LogP contribution in [0.5, 0.6) is 0 Å². The van der Waals surface area contributed by atoms with Crippen molar-refractivity contribution in [3.05, 3.63) is 28.8 Å². The second kappa shape index (κ2) is 7.58. The minimum atomic E-state index is -3.55. The van der Waals surface area contributed by atoms with Gasteiger partial charge in [0.25, 0.3) is 0 Å². The summed E-state index contributed by atoms with van der Waals surface area (Å²) in [4.78, 5) is 0.261. The van der Waals surface area contributed by atoms with E-state index in [2.05, 4.69) is 10.0 Å². The molecule has 0 aliphatic heterocycles. The maximum atomic E-state index is 12.6. The van der Waals surface area contributed by atoms with Crippen LogP contribution in [0, 0.1) is 0 Å². The summed E-state index contributed by atoms with van der Waals surface area (Å²) in [7, 11) is -1.75. The van der Waals surface area contributed by atoms with E-state index in [1.54, 1.807) is 25.2 Å². The molecule has 1 rings (SSSR count). The SMILES string of the molecule is CCC(CC)(CC)NS(=O)(=O)c1ccc(Cl)c(CNC)c1. The third-order valence-corrected chi connectivity index (χ3v) is 6.02. The van der Waals surface area contributed by atoms with Crippen molar-refractivity contribution in [1.82, 2.24) is 10.0 Å². The third kappa shape index (κ3) is 4.42. The fourth-order valence-corrected chi connectivity index (χ4v) is 4.20. The minimum Gasteiger partial charge on any atom is -0.316 e. The topological polar surface area (TPSA) is 58.2 Å². The summed E-state index contributed by atoms with van der Waals surface area (Å²) in [5.41, 5.74) is 0.388. The quantitative estimate of drug-likeness (QED) is 0.768. The second-order valence-electron chi connectivity index (χ2n) is 5.23. The maximum Gasteiger partial charge on any atom is 0.241 e. The lowest BCUT2D eigenvalue weighted by Gasteiger charge is -2.31. The van der Waals surface area contributed by atoms with Gasteiger partial charge in [0.1, 0.15) is 0 Å². The summed E-state index contributed by atoms with van der Waals surface area (Å²) < 4.78 is 28.1. The predicted molar refractivity (Wildman–Crippen MR) is 88.1 cm³/mol. The molecule has 0 atom stereocenters. The van der Waals surface area contributed by atoms with Crippen LogP contribution in [-0.2, 0) is 16.6 Å². The molecule has 4 nitrogen and oxygen atoms in total. The van der Waals surface area contributed by atoms with Crippen LogP contribution in [0.1, 0.15) is 45.6 Å². The maximum absolute atomic E-state index is 12.6. The minimum absolute atomic E-state index is 0.261. The first-order chi connectivity index (χ1) is 9.84. The van der Waals surface area contributed by atoms with Gasteiger partial charge in [0.2, 0.25) is 10.0 Å². The second-order valence-corrected chi connectivity index (χ2v) is 7.32. The number of halogens is 1. The fourth-order valence-electron chi connectivity index (χ4n) is 2.35. The van der Waals surface area contributed by atoms with Crippen LogP contribution in [0.4, 0.5) is 0 Å². The molecule has 120 valence electrons. The van der Waals surface area contributed by atoms with Gasteiger partial charge in [-0.25, -0.2) is 13.1 Å². The van der Waals surface area contributed by atoms with Crippen molar-refractivity contribution in [3.8, 4) is 0 Å². The zero-order chi connectivity index (χ0) is 16.1. The average Bonchev–Trinajstić information content (AvgIpc) is 2.47. The highest BCUT2D eigenvalue weighted by molar-refractivity contribution is 7.89. The molecular weight excluding hydrogens is 308 g/mol. The molecule has 21 heavy (non-hydrogen) atoms. The van der Waals surface area contributed by atoms with Gasteiger partial charge in [-0.1, -0.05) is 32.4 Å². The molecule has 0 amide bonds. The third-order valence-electron chi connectivity index (χ3n) is 4.08. The molecule has 1 aromatic rings. The molecule has 0 spiro atoms. The van der Waals surface area contributed by atoms with Crippen molar-refractivity contribution in [2.45, 2.75) is 57.0 Å². The van der Waals surface area contributed by atoms with Crippen molar-refractivity contribution in [1.29, 1.82) is 0 Å². The molecule has 0 aromatic heterocycles. The van der Waals surface area contributed by atoms with E-state index in [1.807, 2.05) is 20.8 Å². The van der Waals surface area contributed by atoms with E-state index in [9.17, 15) is 8.42 Å². The number of nitrogens with one attached hydrogen (secondary N) is 2. The Labute approximate surface area is 133 Å². The lowest BCUT2D eigenvalue weighted by atomic mass is 9.91. The Morgan fingerprint density at radius 1 is 1.14 bits per heavy atom. The van der Waals surface area contributed by atoms with Crippen molar-refractivity contribution in [2.75, 3.05) is 7.05 Å². The van der Waals surface area contributed by atoms with Crippen molar-refractivity contribution < 1.29 is 8.42 Å². The Kier molecular flexibility index (Phi) is 6.66. The first-order valence-electron chi connectivity index (χ1n) is 7.31. The van der Waals surface area contributed by atoms with Crippen LogP contribution >= 0.6 is 11.6 Å². The van der Waals surface area contributed by atoms with Crippen LogP contribution in [0.3, 0.4) is 0 Å². The number of benzene rings is 1. The molecule has 0 saturated carbocycles. The molecule has 0 aliphatic rings. The normalized spacial score (nSPS) is 12.6. The van der Waals surface area contributed by atoms with E-state index in [0.717, 1.165) is 24.8 Å². The van der Waals surface area contributed by atoms with Gasteiger partial charge >= 0.3 is 0 Å². The molecule has 0 unspecified atom stereocenters. The monoisotopic (exact) mass is 332 g/mol. The fraction of sp³-hybridized carbons (Fsp3) is 0.600. The Hall–Kier alpha value is -0.620. The van der Waals surface area contributed by atoms with E-state index in [4.69, 9.17) is 11.6 Å². The summed E-state index contributed by atoms with van der Waals surface area (Å²) in [5, 5.41) is 3.55. The molecule has 0 heterocycles. The smallest absolute Gasteiger partial charge is 0.241 e. The van der Waals surface area contributed by atoms with E-state index in [0.29, 0.717) is 11.6 Å². The zero-order valence-electron chi connectivity index (χ0n) is 13.2. The molecule has 2 N–H and O–H groups in total. The largest absolute Gasteiger partial charge is 0.316 e. The molecule has 0 fully saturated rings. The molecule has 0 saturated heterocycles. The van der Waals surface area contributed by atoms with E-state index >= 15 is 0 Å². The van der Waals surface area contributed by atoms with E-state index in [1.165, 1.54) is 0 Å². The van der Waals surface area contributed by atoms with Gasteiger partial charge in [-0.3, -0.25) is 0 Å². The summed E-state index contributed by atoms with van der Waals surface area (Å²) in [6, 6.07) is 4.82. The van der Waals surface area contributed by atoms with Gasteiger partial charge in [-0.2, -0.15) is 0 Å². The first-order valence-corrected chi connectivity index (χ1v) is 9.17. The van der Waals surface area contributed by atoms with Gasteiger partial charge in [-0.15, -0.1) is 0 Å². The number of rotatable bonds is 8. The summed E-state index contributed by atoms with van der Waals surface area (Å²) in [6.45, 7) is 6.54.